The Morgan fingerprint density at radius 3 is 2.11 bits per heavy atom. The van der Waals surface area contributed by atoms with Gasteiger partial charge in [0.05, 0.1) is 0 Å². The smallest absolute Gasteiger partial charge is 0.0132 e. The van der Waals surface area contributed by atoms with Gasteiger partial charge in [0.1, 0.15) is 0 Å². The second kappa shape index (κ2) is 2.87. The van der Waals surface area contributed by atoms with Crippen LogP contribution in [0.3, 0.4) is 0 Å². The first-order valence-electron chi connectivity index (χ1n) is 3.13. The molecule has 9 heavy (non-hydrogen) atoms. The lowest BCUT2D eigenvalue weighted by molar-refractivity contribution is 0.526. The van der Waals surface area contributed by atoms with Gasteiger partial charge in [-0.3, -0.25) is 0 Å². The van der Waals surface area contributed by atoms with E-state index < -0.39 is 0 Å². The first-order chi connectivity index (χ1) is 3.92. The summed E-state index contributed by atoms with van der Waals surface area (Å²) in [6, 6.07) is 0. The quantitative estimate of drug-likeness (QED) is 0.582. The molecule has 0 aromatic carbocycles. The molecule has 0 aliphatic carbocycles. The summed E-state index contributed by atoms with van der Waals surface area (Å²) in [6.07, 6.45) is 2.79. The lowest BCUT2D eigenvalue weighted by Crippen LogP contribution is -2.31. The van der Waals surface area contributed by atoms with E-state index >= 15 is 0 Å². The Labute approximate surface area is 56.9 Å². The fourth-order valence-corrected chi connectivity index (χ4v) is 0.424. The maximum Gasteiger partial charge on any atom is 0.0132 e. The lowest BCUT2D eigenvalue weighted by atomic mass is 10.0. The summed E-state index contributed by atoms with van der Waals surface area (Å²) >= 11 is 0. The Balaban J connectivity index is 3.64. The Morgan fingerprint density at radius 2 is 2.00 bits per heavy atom. The molecule has 0 amide bonds. The topological polar surface area (TPSA) is 52.0 Å². The van der Waals surface area contributed by atoms with E-state index in [1.807, 2.05) is 26.8 Å². The van der Waals surface area contributed by atoms with Crippen molar-refractivity contribution in [3.05, 3.63) is 11.8 Å². The molecule has 0 saturated carbocycles. The van der Waals surface area contributed by atoms with Crippen molar-refractivity contribution in [2.75, 3.05) is 0 Å². The van der Waals surface area contributed by atoms with Gasteiger partial charge in [-0.15, -0.1) is 0 Å². The summed E-state index contributed by atoms with van der Waals surface area (Å²) in [6.45, 7) is 5.82. The zero-order valence-corrected chi connectivity index (χ0v) is 6.44. The zero-order chi connectivity index (χ0) is 7.49. The minimum Gasteiger partial charge on any atom is -0.403 e. The second-order valence-corrected chi connectivity index (χ2v) is 3.14. The van der Waals surface area contributed by atoms with Gasteiger partial charge in [-0.2, -0.15) is 0 Å². The predicted octanol–water partition coefficient (Wildman–Crippen LogP) is 0.976. The average Bonchev–Trinajstić information content (AvgIpc) is 1.59. The van der Waals surface area contributed by atoms with Gasteiger partial charge in [0.2, 0.25) is 0 Å². The van der Waals surface area contributed by atoms with Gasteiger partial charge in [0.15, 0.2) is 0 Å². The third-order valence-electron chi connectivity index (χ3n) is 0.950. The summed E-state index contributed by atoms with van der Waals surface area (Å²) in [5, 5.41) is 0. The van der Waals surface area contributed by atoms with Gasteiger partial charge in [0, 0.05) is 11.2 Å². The van der Waals surface area contributed by atoms with Crippen LogP contribution in [0.4, 0.5) is 0 Å². The molecular formula is C7H16N2. The molecule has 0 fully saturated rings. The van der Waals surface area contributed by atoms with Crippen LogP contribution in [0.15, 0.2) is 11.8 Å². The molecule has 0 bridgehead atoms. The molecule has 0 saturated heterocycles. The van der Waals surface area contributed by atoms with Crippen molar-refractivity contribution in [1.29, 1.82) is 0 Å². The molecule has 0 rings (SSSR count). The molecule has 0 aromatic heterocycles. The van der Waals surface area contributed by atoms with Gasteiger partial charge in [-0.05, 0) is 27.2 Å². The van der Waals surface area contributed by atoms with Gasteiger partial charge >= 0.3 is 0 Å². The maximum absolute atomic E-state index is 5.68. The molecule has 54 valence electrons. The van der Waals surface area contributed by atoms with Crippen LogP contribution in [0.25, 0.3) is 0 Å². The number of hydrogen-bond donors (Lipinski definition) is 2. The molecule has 0 aliphatic heterocycles. The summed E-state index contributed by atoms with van der Waals surface area (Å²) in [4.78, 5) is 0. The molecule has 4 N–H and O–H groups in total. The molecular weight excluding hydrogens is 112 g/mol. The number of hydrogen-bond acceptors (Lipinski definition) is 2. The van der Waals surface area contributed by atoms with Crippen LogP contribution in [-0.4, -0.2) is 5.54 Å². The van der Waals surface area contributed by atoms with E-state index in [0.29, 0.717) is 0 Å². The van der Waals surface area contributed by atoms with E-state index in [1.165, 1.54) is 0 Å². The van der Waals surface area contributed by atoms with Crippen molar-refractivity contribution in [3.63, 3.8) is 0 Å². The monoisotopic (exact) mass is 128 g/mol. The van der Waals surface area contributed by atoms with E-state index in [2.05, 4.69) is 0 Å². The third-order valence-corrected chi connectivity index (χ3v) is 0.950. The summed E-state index contributed by atoms with van der Waals surface area (Å²) < 4.78 is 0. The highest BCUT2D eigenvalue weighted by atomic mass is 14.7. The average molecular weight is 128 g/mol. The van der Waals surface area contributed by atoms with Gasteiger partial charge in [-0.1, -0.05) is 6.08 Å². The molecule has 2 nitrogen and oxygen atoms in total. The van der Waals surface area contributed by atoms with Crippen LogP contribution in [0.2, 0.25) is 0 Å². The molecule has 0 unspecified atom stereocenters. The van der Waals surface area contributed by atoms with Crippen molar-refractivity contribution in [3.8, 4) is 0 Å². The van der Waals surface area contributed by atoms with Crippen LogP contribution in [0.1, 0.15) is 27.2 Å². The Morgan fingerprint density at radius 1 is 1.56 bits per heavy atom. The van der Waals surface area contributed by atoms with E-state index in [1.54, 1.807) is 0 Å². The number of allylic oxidation sites excluding steroid dienone is 1. The van der Waals surface area contributed by atoms with E-state index in [4.69, 9.17) is 11.5 Å². The van der Waals surface area contributed by atoms with Crippen LogP contribution in [0, 0.1) is 0 Å². The Kier molecular flexibility index (Phi) is 2.71. The van der Waals surface area contributed by atoms with Crippen LogP contribution >= 0.6 is 0 Å². The Bertz CT molecular complexity index is 105. The molecule has 0 atom stereocenters. The fraction of sp³-hybridized carbons (Fsp3) is 0.714. The molecule has 0 spiro atoms. The van der Waals surface area contributed by atoms with E-state index in [0.717, 1.165) is 12.1 Å². The minimum absolute atomic E-state index is 0.124. The fourth-order valence-electron chi connectivity index (χ4n) is 0.424. The summed E-state index contributed by atoms with van der Waals surface area (Å²) in [5.74, 6) is 0. The van der Waals surface area contributed by atoms with E-state index in [-0.39, 0.29) is 5.54 Å². The standard InChI is InChI=1S/C7H16N2/c1-6(8)4-5-7(2,3)9/h4H,5,8-9H2,1-3H3/b6-4-. The maximum atomic E-state index is 5.68. The normalized spacial score (nSPS) is 14.0. The number of nitrogens with two attached hydrogens (primary N) is 2. The Hall–Kier alpha value is -0.500. The van der Waals surface area contributed by atoms with Crippen LogP contribution in [0.5, 0.6) is 0 Å². The first kappa shape index (κ1) is 8.50. The highest BCUT2D eigenvalue weighted by molar-refractivity contribution is 4.95. The molecule has 2 heteroatoms. The van der Waals surface area contributed by atoms with Crippen molar-refractivity contribution in [2.24, 2.45) is 11.5 Å². The van der Waals surface area contributed by atoms with Gasteiger partial charge in [-0.25, -0.2) is 0 Å². The van der Waals surface area contributed by atoms with Crippen LogP contribution < -0.4 is 11.5 Å². The molecule has 0 aromatic rings. The largest absolute Gasteiger partial charge is 0.403 e. The van der Waals surface area contributed by atoms with Gasteiger partial charge < -0.3 is 11.5 Å². The predicted molar refractivity (Wildman–Crippen MR) is 40.8 cm³/mol. The molecule has 0 heterocycles. The highest BCUT2D eigenvalue weighted by Gasteiger charge is 2.06. The highest BCUT2D eigenvalue weighted by Crippen LogP contribution is 2.04. The minimum atomic E-state index is -0.124. The van der Waals surface area contributed by atoms with Crippen LogP contribution in [-0.2, 0) is 0 Å². The van der Waals surface area contributed by atoms with E-state index in [9.17, 15) is 0 Å². The summed E-state index contributed by atoms with van der Waals surface area (Å²) in [7, 11) is 0. The third kappa shape index (κ3) is 7.50. The summed E-state index contributed by atoms with van der Waals surface area (Å²) in [5.41, 5.74) is 11.8. The zero-order valence-electron chi connectivity index (χ0n) is 6.44. The van der Waals surface area contributed by atoms with Gasteiger partial charge in [0.25, 0.3) is 0 Å². The van der Waals surface area contributed by atoms with Crippen molar-refractivity contribution < 1.29 is 0 Å². The van der Waals surface area contributed by atoms with Crippen molar-refractivity contribution in [2.45, 2.75) is 32.7 Å². The molecule has 0 aliphatic rings. The SMILES string of the molecule is C/C(N)=C/CC(C)(C)N. The molecule has 0 radical (unpaired) electrons. The van der Waals surface area contributed by atoms with Crippen molar-refractivity contribution >= 4 is 0 Å². The first-order valence-corrected chi connectivity index (χ1v) is 3.13. The lowest BCUT2D eigenvalue weighted by Gasteiger charge is -2.15. The second-order valence-electron chi connectivity index (χ2n) is 3.14. The number of rotatable bonds is 2. The van der Waals surface area contributed by atoms with Crippen molar-refractivity contribution in [1.82, 2.24) is 0 Å².